The summed E-state index contributed by atoms with van der Waals surface area (Å²) < 4.78 is 19.2. The molecule has 0 bridgehead atoms. The van der Waals surface area contributed by atoms with Crippen LogP contribution in [0.5, 0.6) is 5.75 Å². The number of likely N-dealkylation sites (tertiary alicyclic amines) is 1. The minimum Gasteiger partial charge on any atom is -0.497 e. The van der Waals surface area contributed by atoms with Crippen LogP contribution in [-0.4, -0.2) is 59.0 Å². The normalized spacial score (nSPS) is 29.0. The van der Waals surface area contributed by atoms with Gasteiger partial charge in [0.05, 0.1) is 13.2 Å². The van der Waals surface area contributed by atoms with Crippen LogP contribution in [0.1, 0.15) is 44.1 Å². The van der Waals surface area contributed by atoms with Crippen LogP contribution in [0.15, 0.2) is 18.2 Å². The fourth-order valence-corrected chi connectivity index (χ4v) is 3.98. The number of benzene rings is 1. The van der Waals surface area contributed by atoms with Crippen LogP contribution in [0, 0.1) is 5.82 Å². The Morgan fingerprint density at radius 2 is 2.07 bits per heavy atom. The van der Waals surface area contributed by atoms with Gasteiger partial charge in [0.1, 0.15) is 11.6 Å². The SMILES string of the molecule is COc1ccc(F)c(CN2CCC[C@](O)(CNC3CCC(O)CC3)C2=O)c1. The number of rotatable bonds is 6. The van der Waals surface area contributed by atoms with Gasteiger partial charge >= 0.3 is 0 Å². The summed E-state index contributed by atoms with van der Waals surface area (Å²) in [6, 6.07) is 4.66. The third-order valence-electron chi connectivity index (χ3n) is 5.70. The van der Waals surface area contributed by atoms with Crippen LogP contribution in [-0.2, 0) is 11.3 Å². The Bertz CT molecular complexity index is 663. The van der Waals surface area contributed by atoms with Crippen molar-refractivity contribution in [2.75, 3.05) is 20.2 Å². The van der Waals surface area contributed by atoms with Crippen LogP contribution in [0.4, 0.5) is 4.39 Å². The number of ether oxygens (including phenoxy) is 1. The zero-order valence-electron chi connectivity index (χ0n) is 15.8. The maximum absolute atomic E-state index is 14.1. The van der Waals surface area contributed by atoms with Crippen LogP contribution < -0.4 is 10.1 Å². The van der Waals surface area contributed by atoms with E-state index in [1.54, 1.807) is 6.07 Å². The smallest absolute Gasteiger partial charge is 0.256 e. The Kier molecular flexibility index (Phi) is 6.34. The fourth-order valence-electron chi connectivity index (χ4n) is 3.98. The summed E-state index contributed by atoms with van der Waals surface area (Å²) >= 11 is 0. The number of piperidine rings is 1. The average molecular weight is 380 g/mol. The molecule has 3 N–H and O–H groups in total. The summed E-state index contributed by atoms with van der Waals surface area (Å²) in [4.78, 5) is 14.4. The third kappa shape index (κ3) is 4.78. The molecule has 0 radical (unpaired) electrons. The third-order valence-corrected chi connectivity index (χ3v) is 5.70. The Morgan fingerprint density at radius 3 is 2.78 bits per heavy atom. The summed E-state index contributed by atoms with van der Waals surface area (Å²) in [6.45, 7) is 0.789. The molecule has 150 valence electrons. The number of carbonyl (C=O) groups is 1. The topological polar surface area (TPSA) is 82.0 Å². The second-order valence-corrected chi connectivity index (χ2v) is 7.71. The molecule has 2 aliphatic rings. The lowest BCUT2D eigenvalue weighted by atomic mass is 9.89. The van der Waals surface area contributed by atoms with Crippen molar-refractivity contribution in [2.24, 2.45) is 0 Å². The van der Waals surface area contributed by atoms with Gasteiger partial charge in [0, 0.05) is 31.2 Å². The highest BCUT2D eigenvalue weighted by Crippen LogP contribution is 2.27. The highest BCUT2D eigenvalue weighted by atomic mass is 19.1. The summed E-state index contributed by atoms with van der Waals surface area (Å²) in [5.41, 5.74) is -1.09. The van der Waals surface area contributed by atoms with E-state index in [0.29, 0.717) is 30.7 Å². The van der Waals surface area contributed by atoms with Crippen molar-refractivity contribution >= 4 is 5.91 Å². The molecule has 2 fully saturated rings. The zero-order chi connectivity index (χ0) is 19.4. The van der Waals surface area contributed by atoms with Crippen molar-refractivity contribution < 1.29 is 24.1 Å². The minimum absolute atomic E-state index is 0.111. The average Bonchev–Trinajstić information content (AvgIpc) is 2.67. The Hall–Kier alpha value is -1.70. The molecule has 1 aliphatic heterocycles. The molecule has 1 saturated heterocycles. The quantitative estimate of drug-likeness (QED) is 0.698. The summed E-state index contributed by atoms with van der Waals surface area (Å²) in [7, 11) is 1.51. The molecule has 6 nitrogen and oxygen atoms in total. The van der Waals surface area contributed by atoms with Gasteiger partial charge in [0.2, 0.25) is 0 Å². The summed E-state index contributed by atoms with van der Waals surface area (Å²) in [5.74, 6) is -0.219. The first-order valence-electron chi connectivity index (χ1n) is 9.67. The molecule has 1 amide bonds. The van der Waals surface area contributed by atoms with Crippen molar-refractivity contribution in [3.63, 3.8) is 0 Å². The lowest BCUT2D eigenvalue weighted by Gasteiger charge is -2.39. The predicted octanol–water partition coefficient (Wildman–Crippen LogP) is 1.58. The molecule has 1 aromatic carbocycles. The lowest BCUT2D eigenvalue weighted by molar-refractivity contribution is -0.157. The molecule has 3 rings (SSSR count). The van der Waals surface area contributed by atoms with Crippen LogP contribution in [0.2, 0.25) is 0 Å². The van der Waals surface area contributed by atoms with Gasteiger partial charge in [0.15, 0.2) is 5.60 Å². The van der Waals surface area contributed by atoms with Crippen molar-refractivity contribution in [1.29, 1.82) is 0 Å². The molecule has 1 saturated carbocycles. The van der Waals surface area contributed by atoms with E-state index < -0.39 is 11.4 Å². The van der Waals surface area contributed by atoms with Gasteiger partial charge in [-0.25, -0.2) is 4.39 Å². The second-order valence-electron chi connectivity index (χ2n) is 7.71. The van der Waals surface area contributed by atoms with E-state index in [9.17, 15) is 19.4 Å². The number of hydrogen-bond acceptors (Lipinski definition) is 5. The molecule has 0 unspecified atom stereocenters. The molecule has 1 aromatic rings. The van der Waals surface area contributed by atoms with Crippen molar-refractivity contribution in [2.45, 2.75) is 62.8 Å². The van der Waals surface area contributed by atoms with E-state index in [2.05, 4.69) is 5.32 Å². The predicted molar refractivity (Wildman–Crippen MR) is 98.8 cm³/mol. The number of hydrogen-bond donors (Lipinski definition) is 3. The van der Waals surface area contributed by atoms with E-state index in [1.165, 1.54) is 24.1 Å². The maximum atomic E-state index is 14.1. The zero-order valence-corrected chi connectivity index (χ0v) is 15.8. The first kappa shape index (κ1) is 20.0. The Labute approximate surface area is 159 Å². The molecule has 7 heteroatoms. The number of aliphatic hydroxyl groups is 2. The highest BCUT2D eigenvalue weighted by molar-refractivity contribution is 5.86. The second kappa shape index (κ2) is 8.54. The number of aliphatic hydroxyl groups excluding tert-OH is 1. The first-order valence-corrected chi connectivity index (χ1v) is 9.67. The molecule has 1 heterocycles. The number of halogens is 1. The number of nitrogens with zero attached hydrogens (tertiary/aromatic N) is 1. The van der Waals surface area contributed by atoms with Crippen LogP contribution in [0.25, 0.3) is 0 Å². The Morgan fingerprint density at radius 1 is 1.33 bits per heavy atom. The minimum atomic E-state index is -1.47. The number of amides is 1. The number of methoxy groups -OCH3 is 1. The van der Waals surface area contributed by atoms with Gasteiger partial charge in [-0.1, -0.05) is 0 Å². The van der Waals surface area contributed by atoms with Gasteiger partial charge in [0.25, 0.3) is 5.91 Å². The van der Waals surface area contributed by atoms with Gasteiger partial charge in [-0.05, 0) is 56.7 Å². The van der Waals surface area contributed by atoms with Crippen molar-refractivity contribution in [3.8, 4) is 5.75 Å². The number of nitrogens with one attached hydrogen (secondary N) is 1. The van der Waals surface area contributed by atoms with E-state index in [0.717, 1.165) is 25.7 Å². The van der Waals surface area contributed by atoms with E-state index in [-0.39, 0.29) is 31.1 Å². The van der Waals surface area contributed by atoms with Crippen LogP contribution in [0.3, 0.4) is 0 Å². The maximum Gasteiger partial charge on any atom is 0.256 e. The molecule has 0 aromatic heterocycles. The van der Waals surface area contributed by atoms with Crippen LogP contribution >= 0.6 is 0 Å². The van der Waals surface area contributed by atoms with Gasteiger partial charge in [-0.2, -0.15) is 0 Å². The molecule has 0 spiro atoms. The molecule has 1 aliphatic carbocycles. The van der Waals surface area contributed by atoms with Crippen molar-refractivity contribution in [1.82, 2.24) is 10.2 Å². The Balaban J connectivity index is 1.62. The van der Waals surface area contributed by atoms with Crippen molar-refractivity contribution in [3.05, 3.63) is 29.6 Å². The molecule has 1 atom stereocenters. The van der Waals surface area contributed by atoms with E-state index >= 15 is 0 Å². The van der Waals surface area contributed by atoms with E-state index in [1.807, 2.05) is 0 Å². The standard InChI is InChI=1S/C20H29FN2O4/c1-27-17-7-8-18(21)14(11-17)12-23-10-2-9-20(26,19(23)25)13-22-15-3-5-16(24)6-4-15/h7-8,11,15-16,22,24,26H,2-6,9-10,12-13H2,1H3/t15?,16?,20-/m0/s1. The summed E-state index contributed by atoms with van der Waals surface area (Å²) in [5, 5.41) is 23.8. The van der Waals surface area contributed by atoms with Gasteiger partial charge in [-0.15, -0.1) is 0 Å². The highest BCUT2D eigenvalue weighted by Gasteiger charge is 2.42. The van der Waals surface area contributed by atoms with Gasteiger partial charge < -0.3 is 25.2 Å². The molecular formula is C20H29FN2O4. The molecule has 27 heavy (non-hydrogen) atoms. The van der Waals surface area contributed by atoms with Gasteiger partial charge in [-0.3, -0.25) is 4.79 Å². The largest absolute Gasteiger partial charge is 0.497 e. The first-order chi connectivity index (χ1) is 12.9. The fraction of sp³-hybridized carbons (Fsp3) is 0.650. The lowest BCUT2D eigenvalue weighted by Crippen LogP contribution is -2.59. The number of carbonyl (C=O) groups excluding carboxylic acids is 1. The molecular weight excluding hydrogens is 351 g/mol. The van der Waals surface area contributed by atoms with E-state index in [4.69, 9.17) is 4.74 Å². The monoisotopic (exact) mass is 380 g/mol. The summed E-state index contributed by atoms with van der Waals surface area (Å²) in [6.07, 6.45) is 3.98.